The molecule has 1 rings (SSSR count). The van der Waals surface area contributed by atoms with Crippen molar-refractivity contribution in [3.8, 4) is 0 Å². The molecule has 0 aliphatic carbocycles. The Hall–Kier alpha value is -0.995. The van der Waals surface area contributed by atoms with Gasteiger partial charge in [0.1, 0.15) is 7.85 Å². The van der Waals surface area contributed by atoms with Crippen LogP contribution in [0.15, 0.2) is 0 Å². The van der Waals surface area contributed by atoms with E-state index < -0.39 is 11.8 Å². The summed E-state index contributed by atoms with van der Waals surface area (Å²) in [5.41, 5.74) is 0. The zero-order chi connectivity index (χ0) is 10.2. The Kier molecular flexibility index (Phi) is 2.37. The largest absolute Gasteiger partial charge is 0.348 e. The van der Waals surface area contributed by atoms with Crippen molar-refractivity contribution in [2.45, 2.75) is 25.2 Å². The Bertz CT molecular complexity index is 253. The molecule has 0 radical (unpaired) electrons. The van der Waals surface area contributed by atoms with Crippen molar-refractivity contribution in [3.05, 3.63) is 0 Å². The molecule has 1 aliphatic rings. The van der Waals surface area contributed by atoms with Crippen LogP contribution in [-0.2, 0) is 9.59 Å². The van der Waals surface area contributed by atoms with Crippen LogP contribution in [0.5, 0.6) is 0 Å². The lowest BCUT2D eigenvalue weighted by Gasteiger charge is -2.34. The highest BCUT2D eigenvalue weighted by Crippen LogP contribution is 2.29. The predicted molar refractivity (Wildman–Crippen MR) is 52.2 cm³/mol. The van der Waals surface area contributed by atoms with Crippen molar-refractivity contribution in [2.75, 3.05) is 13.6 Å². The molecule has 1 fully saturated rings. The third-order valence-corrected chi connectivity index (χ3v) is 2.93. The smallest absolute Gasteiger partial charge is 0.311 e. The summed E-state index contributed by atoms with van der Waals surface area (Å²) in [6.45, 7) is 4.54. The van der Waals surface area contributed by atoms with Crippen LogP contribution in [0.2, 0.25) is 5.31 Å². The van der Waals surface area contributed by atoms with Gasteiger partial charge in [0.05, 0.1) is 0 Å². The summed E-state index contributed by atoms with van der Waals surface area (Å²) in [4.78, 5) is 24.0. The fraction of sp³-hybridized carbons (Fsp3) is 0.750. The van der Waals surface area contributed by atoms with E-state index in [0.717, 1.165) is 0 Å². The van der Waals surface area contributed by atoms with E-state index in [1.165, 1.54) is 4.90 Å². The van der Waals surface area contributed by atoms with Crippen LogP contribution in [0.3, 0.4) is 0 Å². The maximum Gasteiger partial charge on any atom is 0.311 e. The van der Waals surface area contributed by atoms with Gasteiger partial charge in [-0.15, -0.1) is 0 Å². The molecule has 2 unspecified atom stereocenters. The van der Waals surface area contributed by atoms with Gasteiger partial charge in [0.15, 0.2) is 0 Å². The van der Waals surface area contributed by atoms with Crippen LogP contribution in [-0.4, -0.2) is 44.2 Å². The minimum atomic E-state index is -0.500. The average molecular weight is 182 g/mol. The van der Waals surface area contributed by atoms with Crippen LogP contribution < -0.4 is 5.32 Å². The fourth-order valence-electron chi connectivity index (χ4n) is 1.39. The molecule has 0 aromatic rings. The zero-order valence-electron chi connectivity index (χ0n) is 8.55. The molecule has 2 atom stereocenters. The van der Waals surface area contributed by atoms with E-state index in [1.54, 1.807) is 7.05 Å². The summed E-state index contributed by atoms with van der Waals surface area (Å²) in [5, 5.41) is 2.54. The summed E-state index contributed by atoms with van der Waals surface area (Å²) in [6.07, 6.45) is 0. The Morgan fingerprint density at radius 2 is 2.15 bits per heavy atom. The predicted octanol–water partition coefficient (Wildman–Crippen LogP) is -1.23. The lowest BCUT2D eigenvalue weighted by Crippen LogP contribution is -2.42. The Morgan fingerprint density at radius 3 is 2.69 bits per heavy atom. The monoisotopic (exact) mass is 182 g/mol. The molecule has 1 N–H and O–H groups in total. The van der Waals surface area contributed by atoms with Crippen molar-refractivity contribution >= 4 is 19.7 Å². The lowest BCUT2D eigenvalue weighted by atomic mass is 9.65. The maximum atomic E-state index is 11.4. The van der Waals surface area contributed by atoms with Gasteiger partial charge in [-0.1, -0.05) is 6.92 Å². The molecule has 5 heteroatoms. The molecule has 0 saturated carbocycles. The Labute approximate surface area is 79.1 Å². The molecule has 0 aromatic carbocycles. The highest BCUT2D eigenvalue weighted by Gasteiger charge is 2.37. The minimum absolute atomic E-state index is 0.0685. The lowest BCUT2D eigenvalue weighted by molar-refractivity contribution is -0.145. The Morgan fingerprint density at radius 1 is 1.62 bits per heavy atom. The topological polar surface area (TPSA) is 49.4 Å². The second-order valence-electron chi connectivity index (χ2n) is 4.26. The van der Waals surface area contributed by atoms with E-state index in [0.29, 0.717) is 6.54 Å². The van der Waals surface area contributed by atoms with Gasteiger partial charge in [-0.25, -0.2) is 0 Å². The summed E-state index contributed by atoms with van der Waals surface area (Å²) >= 11 is 0. The minimum Gasteiger partial charge on any atom is -0.348 e. The maximum absolute atomic E-state index is 11.4. The number of hydrogen-bond acceptors (Lipinski definition) is 2. The molecular weight excluding hydrogens is 167 g/mol. The van der Waals surface area contributed by atoms with Crippen LogP contribution in [0.1, 0.15) is 13.8 Å². The third kappa shape index (κ3) is 1.69. The zero-order valence-corrected chi connectivity index (χ0v) is 8.55. The first-order valence-electron chi connectivity index (χ1n) is 4.41. The van der Waals surface area contributed by atoms with E-state index in [1.807, 2.05) is 21.7 Å². The quantitative estimate of drug-likeness (QED) is 0.377. The van der Waals surface area contributed by atoms with Crippen LogP contribution >= 0.6 is 0 Å². The van der Waals surface area contributed by atoms with Crippen molar-refractivity contribution in [3.63, 3.8) is 0 Å². The second-order valence-corrected chi connectivity index (χ2v) is 4.26. The number of carbonyl (C=O) groups is 2. The molecule has 2 amide bonds. The molecule has 0 aromatic heterocycles. The molecular formula is C8H15BN2O2. The number of amides is 2. The fourth-order valence-corrected chi connectivity index (χ4v) is 1.39. The van der Waals surface area contributed by atoms with E-state index >= 15 is 0 Å². The molecule has 4 nitrogen and oxygen atoms in total. The number of rotatable bonds is 0. The molecule has 13 heavy (non-hydrogen) atoms. The van der Waals surface area contributed by atoms with Gasteiger partial charge in [0.25, 0.3) is 0 Å². The van der Waals surface area contributed by atoms with Gasteiger partial charge in [0, 0.05) is 19.6 Å². The number of likely N-dealkylation sites (N-methyl/N-ethyl adjacent to an activating group) is 1. The number of hydrogen-bond donors (Lipinski definition) is 1. The first-order chi connectivity index (χ1) is 5.86. The summed E-state index contributed by atoms with van der Waals surface area (Å²) in [6, 6.07) is 0.0685. The highest BCUT2D eigenvalue weighted by atomic mass is 16.2. The Balaban J connectivity index is 2.95. The molecule has 1 aliphatic heterocycles. The third-order valence-electron chi connectivity index (χ3n) is 2.93. The van der Waals surface area contributed by atoms with Crippen LogP contribution in [0, 0.1) is 0 Å². The van der Waals surface area contributed by atoms with E-state index in [-0.39, 0.29) is 11.4 Å². The van der Waals surface area contributed by atoms with Crippen LogP contribution in [0.4, 0.5) is 0 Å². The van der Waals surface area contributed by atoms with Crippen molar-refractivity contribution in [2.24, 2.45) is 0 Å². The van der Waals surface area contributed by atoms with Crippen molar-refractivity contribution < 1.29 is 9.59 Å². The molecule has 72 valence electrons. The van der Waals surface area contributed by atoms with Gasteiger partial charge in [0.2, 0.25) is 0 Å². The summed E-state index contributed by atoms with van der Waals surface area (Å²) in [5.74, 6) is -0.946. The van der Waals surface area contributed by atoms with E-state index in [9.17, 15) is 9.59 Å². The van der Waals surface area contributed by atoms with E-state index in [4.69, 9.17) is 0 Å². The first-order valence-corrected chi connectivity index (χ1v) is 4.41. The normalized spacial score (nSPS) is 35.6. The number of carbonyl (C=O) groups excluding carboxylic acids is 2. The van der Waals surface area contributed by atoms with Gasteiger partial charge in [-0.3, -0.25) is 9.59 Å². The average Bonchev–Trinajstić information content (AvgIpc) is 2.13. The second kappa shape index (κ2) is 3.05. The molecule has 0 spiro atoms. The van der Waals surface area contributed by atoms with Gasteiger partial charge < -0.3 is 10.2 Å². The summed E-state index contributed by atoms with van der Waals surface area (Å²) < 4.78 is 0. The molecule has 1 saturated heterocycles. The molecule has 1 heterocycles. The van der Waals surface area contributed by atoms with Crippen molar-refractivity contribution in [1.82, 2.24) is 10.2 Å². The first kappa shape index (κ1) is 10.1. The SMILES string of the molecule is BC1(C)CNC(=O)C(=O)N(C)C1C. The van der Waals surface area contributed by atoms with E-state index in [2.05, 4.69) is 5.32 Å². The van der Waals surface area contributed by atoms with Gasteiger partial charge in [-0.05, 0) is 12.2 Å². The number of nitrogens with one attached hydrogen (secondary N) is 1. The number of nitrogens with zero attached hydrogens (tertiary/aromatic N) is 1. The summed E-state index contributed by atoms with van der Waals surface area (Å²) in [7, 11) is 3.70. The van der Waals surface area contributed by atoms with Crippen LogP contribution in [0.25, 0.3) is 0 Å². The van der Waals surface area contributed by atoms with Crippen molar-refractivity contribution in [1.29, 1.82) is 0 Å². The molecule has 0 bridgehead atoms. The van der Waals surface area contributed by atoms with Gasteiger partial charge in [-0.2, -0.15) is 0 Å². The van der Waals surface area contributed by atoms with Gasteiger partial charge >= 0.3 is 11.8 Å². The highest BCUT2D eigenvalue weighted by molar-refractivity contribution is 6.35. The standard InChI is InChI=1S/C8H15BN2O2/c1-5-8(2,9)4-10-6(12)7(13)11(5)3/h5H,4,9H2,1-3H3,(H,10,12).